The van der Waals surface area contributed by atoms with Crippen LogP contribution >= 0.6 is 0 Å². The fourth-order valence-corrected chi connectivity index (χ4v) is 3.78. The van der Waals surface area contributed by atoms with E-state index in [1.54, 1.807) is 45.0 Å². The number of hydrogen-bond donors (Lipinski definition) is 3. The van der Waals surface area contributed by atoms with E-state index in [2.05, 4.69) is 15.6 Å². The van der Waals surface area contributed by atoms with Crippen molar-refractivity contribution in [1.82, 2.24) is 14.9 Å². The molecule has 1 unspecified atom stereocenters. The molecule has 1 aromatic heterocycles. The van der Waals surface area contributed by atoms with Crippen LogP contribution in [0.5, 0.6) is 5.75 Å². The number of aromatic nitrogens is 2. The molecule has 196 valence electrons. The first-order valence-electron chi connectivity index (χ1n) is 12.1. The van der Waals surface area contributed by atoms with Gasteiger partial charge in [-0.15, -0.1) is 0 Å². The number of ether oxygens (including phenoxy) is 1. The Morgan fingerprint density at radius 3 is 2.32 bits per heavy atom. The second-order valence-electron chi connectivity index (χ2n) is 9.86. The fraction of sp³-hybridized carbons (Fsp3) is 0.357. The van der Waals surface area contributed by atoms with Gasteiger partial charge in [0, 0.05) is 11.6 Å². The summed E-state index contributed by atoms with van der Waals surface area (Å²) >= 11 is 0. The first-order chi connectivity index (χ1) is 17.6. The summed E-state index contributed by atoms with van der Waals surface area (Å²) in [5.74, 6) is -0.905. The molecular formula is C28H34N4O5. The molecule has 0 saturated carbocycles. The number of methoxy groups -OCH3 is 1. The van der Waals surface area contributed by atoms with Crippen LogP contribution in [0.3, 0.4) is 0 Å². The number of rotatable bonds is 11. The van der Waals surface area contributed by atoms with Crippen LogP contribution in [-0.2, 0) is 20.8 Å². The van der Waals surface area contributed by atoms with Gasteiger partial charge in [0.25, 0.3) is 0 Å². The van der Waals surface area contributed by atoms with Crippen LogP contribution < -0.4 is 15.4 Å². The zero-order chi connectivity index (χ0) is 27.0. The highest BCUT2D eigenvalue weighted by Gasteiger charge is 2.28. The molecule has 0 radical (unpaired) electrons. The molecule has 1 heterocycles. The molecule has 0 aliphatic carbocycles. The molecule has 2 aromatic carbocycles. The maximum absolute atomic E-state index is 13.2. The van der Waals surface area contributed by atoms with Gasteiger partial charge in [-0.3, -0.25) is 9.59 Å². The summed E-state index contributed by atoms with van der Waals surface area (Å²) in [5.41, 5.74) is 1.02. The number of amides is 2. The summed E-state index contributed by atoms with van der Waals surface area (Å²) in [6.45, 7) is 5.36. The van der Waals surface area contributed by atoms with Crippen molar-refractivity contribution in [2.24, 2.45) is 5.41 Å². The monoisotopic (exact) mass is 506 g/mol. The van der Waals surface area contributed by atoms with Gasteiger partial charge in [0.1, 0.15) is 11.8 Å². The molecule has 0 spiro atoms. The number of aliphatic carboxylic acids is 1. The Labute approximate surface area is 216 Å². The van der Waals surface area contributed by atoms with Crippen LogP contribution in [0.1, 0.15) is 50.8 Å². The molecule has 0 saturated heterocycles. The summed E-state index contributed by atoms with van der Waals surface area (Å²) < 4.78 is 6.56. The van der Waals surface area contributed by atoms with Crippen LogP contribution in [0.4, 0.5) is 5.82 Å². The quantitative estimate of drug-likeness (QED) is 0.361. The summed E-state index contributed by atoms with van der Waals surface area (Å²) in [6.07, 6.45) is 4.73. The number of anilines is 1. The van der Waals surface area contributed by atoms with E-state index >= 15 is 0 Å². The topological polar surface area (TPSA) is 123 Å². The number of nitrogens with one attached hydrogen (secondary N) is 2. The largest absolute Gasteiger partial charge is 0.497 e. The van der Waals surface area contributed by atoms with Gasteiger partial charge in [-0.1, -0.05) is 63.2 Å². The van der Waals surface area contributed by atoms with Crippen LogP contribution in [0.15, 0.2) is 67.1 Å². The minimum atomic E-state index is -1.07. The Morgan fingerprint density at radius 1 is 1.05 bits per heavy atom. The predicted octanol–water partition coefficient (Wildman–Crippen LogP) is 4.06. The number of benzene rings is 2. The van der Waals surface area contributed by atoms with E-state index in [1.807, 2.05) is 30.3 Å². The molecule has 0 fully saturated rings. The second-order valence-corrected chi connectivity index (χ2v) is 9.86. The van der Waals surface area contributed by atoms with E-state index in [-0.39, 0.29) is 11.7 Å². The zero-order valence-corrected chi connectivity index (χ0v) is 21.6. The van der Waals surface area contributed by atoms with E-state index < -0.39 is 29.4 Å². The van der Waals surface area contributed by atoms with Crippen molar-refractivity contribution in [3.05, 3.63) is 78.2 Å². The lowest BCUT2D eigenvalue weighted by molar-refractivity contribution is -0.139. The molecular weight excluding hydrogens is 472 g/mol. The Kier molecular flexibility index (Phi) is 9.05. The number of nitrogens with zero attached hydrogens (tertiary/aromatic N) is 2. The van der Waals surface area contributed by atoms with Crippen molar-refractivity contribution < 1.29 is 24.2 Å². The first-order valence-corrected chi connectivity index (χ1v) is 12.1. The number of carboxylic acids is 1. The maximum Gasteiger partial charge on any atom is 0.331 e. The van der Waals surface area contributed by atoms with Gasteiger partial charge in [0.2, 0.25) is 11.8 Å². The van der Waals surface area contributed by atoms with Crippen molar-refractivity contribution in [2.45, 2.75) is 52.1 Å². The van der Waals surface area contributed by atoms with Gasteiger partial charge in [-0.2, -0.15) is 0 Å². The molecule has 9 heteroatoms. The van der Waals surface area contributed by atoms with Crippen LogP contribution in [0, 0.1) is 5.41 Å². The Bertz CT molecular complexity index is 1200. The smallest absolute Gasteiger partial charge is 0.331 e. The van der Waals surface area contributed by atoms with Crippen molar-refractivity contribution in [3.63, 3.8) is 0 Å². The van der Waals surface area contributed by atoms with Crippen molar-refractivity contribution in [2.75, 3.05) is 12.4 Å². The molecule has 0 aliphatic heterocycles. The van der Waals surface area contributed by atoms with Gasteiger partial charge in [-0.25, -0.2) is 9.78 Å². The van der Waals surface area contributed by atoms with E-state index in [9.17, 15) is 19.5 Å². The van der Waals surface area contributed by atoms with E-state index in [0.717, 1.165) is 12.0 Å². The molecule has 37 heavy (non-hydrogen) atoms. The van der Waals surface area contributed by atoms with Crippen LogP contribution in [-0.4, -0.2) is 45.6 Å². The Hall–Kier alpha value is -4.14. The average Bonchev–Trinajstić information content (AvgIpc) is 3.31. The minimum absolute atomic E-state index is 0.197. The van der Waals surface area contributed by atoms with Crippen molar-refractivity contribution in [3.8, 4) is 5.75 Å². The lowest BCUT2D eigenvalue weighted by atomic mass is 9.94. The summed E-state index contributed by atoms with van der Waals surface area (Å²) in [6, 6.07) is 14.8. The predicted molar refractivity (Wildman–Crippen MR) is 140 cm³/mol. The first kappa shape index (κ1) is 27.4. The van der Waals surface area contributed by atoms with E-state index in [1.165, 1.54) is 24.2 Å². The number of carboxylic acid groups (broad SMARTS) is 1. The number of imidazole rings is 1. The Balaban J connectivity index is 1.73. The van der Waals surface area contributed by atoms with Crippen molar-refractivity contribution in [1.29, 1.82) is 0 Å². The summed E-state index contributed by atoms with van der Waals surface area (Å²) in [5, 5.41) is 15.4. The maximum atomic E-state index is 13.2. The summed E-state index contributed by atoms with van der Waals surface area (Å²) in [7, 11) is 1.54. The lowest BCUT2D eigenvalue weighted by Gasteiger charge is -2.23. The highest BCUT2D eigenvalue weighted by atomic mass is 16.5. The summed E-state index contributed by atoms with van der Waals surface area (Å²) in [4.78, 5) is 42.0. The van der Waals surface area contributed by atoms with Crippen LogP contribution in [0.25, 0.3) is 0 Å². The minimum Gasteiger partial charge on any atom is -0.497 e. The molecule has 9 nitrogen and oxygen atoms in total. The number of carbonyl (C=O) groups is 3. The highest BCUT2D eigenvalue weighted by Crippen LogP contribution is 2.23. The van der Waals surface area contributed by atoms with Crippen LogP contribution in [0.2, 0.25) is 0 Å². The van der Waals surface area contributed by atoms with Gasteiger partial charge in [-0.05, 0) is 42.5 Å². The molecule has 3 rings (SSSR count). The third-order valence-electron chi connectivity index (χ3n) is 5.92. The molecule has 0 bridgehead atoms. The zero-order valence-electron chi connectivity index (χ0n) is 21.6. The third-order valence-corrected chi connectivity index (χ3v) is 5.92. The third kappa shape index (κ3) is 7.67. The van der Waals surface area contributed by atoms with Gasteiger partial charge in [0.15, 0.2) is 11.9 Å². The molecule has 2 amide bonds. The Morgan fingerprint density at radius 2 is 1.73 bits per heavy atom. The normalized spacial score (nSPS) is 12.9. The molecule has 3 aromatic rings. The molecule has 3 N–H and O–H groups in total. The standard InChI is InChI=1S/C28H34N4O5/c1-28(2,3)27(36)30-22(12-8-11-19-9-6-5-7-10-19)25(33)31-23-17-32(18-29-23)24(26(34)35)20-13-15-21(37-4)16-14-20/h5-7,9-10,13-18,22,24H,8,11-12H2,1-4H3,(H,30,36)(H,31,33)(H,34,35)/t22-,24?/m1/s1. The highest BCUT2D eigenvalue weighted by molar-refractivity contribution is 5.97. The van der Waals surface area contributed by atoms with Crippen molar-refractivity contribution >= 4 is 23.6 Å². The van der Waals surface area contributed by atoms with Gasteiger partial charge in [0.05, 0.1) is 13.4 Å². The molecule has 0 aliphatic rings. The fourth-order valence-electron chi connectivity index (χ4n) is 3.78. The lowest BCUT2D eigenvalue weighted by Crippen LogP contribution is -2.47. The van der Waals surface area contributed by atoms with Gasteiger partial charge >= 0.3 is 5.97 Å². The number of carbonyl (C=O) groups excluding carboxylic acids is 2. The second kappa shape index (κ2) is 12.2. The average molecular weight is 507 g/mol. The SMILES string of the molecule is COc1ccc(C(C(=O)O)n2cnc(NC(=O)[C@@H](CCCc3ccccc3)NC(=O)C(C)(C)C)c2)cc1. The number of hydrogen-bond acceptors (Lipinski definition) is 5. The van der Waals surface area contributed by atoms with E-state index in [4.69, 9.17) is 4.74 Å². The molecule has 2 atom stereocenters. The van der Waals surface area contributed by atoms with E-state index in [0.29, 0.717) is 24.2 Å². The number of aryl methyl sites for hydroxylation is 1. The van der Waals surface area contributed by atoms with Gasteiger partial charge < -0.3 is 25.0 Å².